The van der Waals surface area contributed by atoms with Gasteiger partial charge in [-0.05, 0) is 48.6 Å². The van der Waals surface area contributed by atoms with Crippen molar-refractivity contribution in [3.63, 3.8) is 0 Å². The van der Waals surface area contributed by atoms with Crippen molar-refractivity contribution in [1.29, 1.82) is 0 Å². The van der Waals surface area contributed by atoms with E-state index < -0.39 is 10.0 Å². The molecule has 1 aliphatic heterocycles. The molecule has 0 spiro atoms. The Kier molecular flexibility index (Phi) is 5.48. The van der Waals surface area contributed by atoms with E-state index in [4.69, 9.17) is 4.42 Å². The van der Waals surface area contributed by atoms with Gasteiger partial charge in [-0.15, -0.1) is 0 Å². The van der Waals surface area contributed by atoms with Crippen molar-refractivity contribution in [2.45, 2.75) is 31.7 Å². The van der Waals surface area contributed by atoms with Crippen LogP contribution in [-0.2, 0) is 16.6 Å². The van der Waals surface area contributed by atoms with Crippen LogP contribution in [0.5, 0.6) is 0 Å². The van der Waals surface area contributed by atoms with Crippen molar-refractivity contribution in [2.75, 3.05) is 13.1 Å². The Hall–Kier alpha value is -2.12. The lowest BCUT2D eigenvalue weighted by molar-refractivity contribution is 0.0950. The van der Waals surface area contributed by atoms with Crippen molar-refractivity contribution < 1.29 is 17.6 Å². The first kappa shape index (κ1) is 18.7. The Labute approximate surface area is 154 Å². The Morgan fingerprint density at radius 2 is 1.81 bits per heavy atom. The van der Waals surface area contributed by atoms with Crippen LogP contribution < -0.4 is 5.32 Å². The summed E-state index contributed by atoms with van der Waals surface area (Å²) in [5, 5.41) is 2.78. The molecular weight excluding hydrogens is 352 g/mol. The molecule has 1 aromatic heterocycles. The zero-order chi connectivity index (χ0) is 18.7. The highest BCUT2D eigenvalue weighted by Crippen LogP contribution is 2.26. The van der Waals surface area contributed by atoms with Crippen LogP contribution in [0.3, 0.4) is 0 Å². The first-order valence-electron chi connectivity index (χ1n) is 8.75. The van der Waals surface area contributed by atoms with Crippen LogP contribution in [0.1, 0.15) is 36.2 Å². The molecule has 1 N–H and O–H groups in total. The van der Waals surface area contributed by atoms with Crippen molar-refractivity contribution in [3.8, 4) is 0 Å². The summed E-state index contributed by atoms with van der Waals surface area (Å²) < 4.78 is 32.2. The van der Waals surface area contributed by atoms with Gasteiger partial charge in [-0.1, -0.05) is 13.8 Å². The van der Waals surface area contributed by atoms with E-state index in [2.05, 4.69) is 19.2 Å². The van der Waals surface area contributed by atoms with Crippen LogP contribution in [0.4, 0.5) is 0 Å². The molecule has 6 nitrogen and oxygen atoms in total. The maximum atomic E-state index is 12.9. The third kappa shape index (κ3) is 4.16. The van der Waals surface area contributed by atoms with Gasteiger partial charge in [-0.25, -0.2) is 8.42 Å². The van der Waals surface area contributed by atoms with E-state index in [0.717, 1.165) is 12.0 Å². The van der Waals surface area contributed by atoms with Gasteiger partial charge in [0.1, 0.15) is 0 Å². The van der Waals surface area contributed by atoms with Gasteiger partial charge < -0.3 is 9.73 Å². The van der Waals surface area contributed by atoms with Crippen molar-refractivity contribution >= 4 is 15.9 Å². The molecule has 3 rings (SSSR count). The molecule has 0 bridgehead atoms. The SMILES string of the molecule is CC1CC(C)CN(S(=O)(=O)c2ccc(C(=O)NCc3ccoc3)cc2)C1. The predicted octanol–water partition coefficient (Wildman–Crippen LogP) is 2.88. The molecule has 1 aromatic carbocycles. The number of benzene rings is 1. The predicted molar refractivity (Wildman–Crippen MR) is 98.0 cm³/mol. The van der Waals surface area contributed by atoms with E-state index in [9.17, 15) is 13.2 Å². The lowest BCUT2D eigenvalue weighted by atomic mass is 9.94. The summed E-state index contributed by atoms with van der Waals surface area (Å²) >= 11 is 0. The monoisotopic (exact) mass is 376 g/mol. The van der Waals surface area contributed by atoms with Crippen LogP contribution >= 0.6 is 0 Å². The quantitative estimate of drug-likeness (QED) is 0.870. The smallest absolute Gasteiger partial charge is 0.251 e. The second-order valence-corrected chi connectivity index (χ2v) is 9.04. The molecule has 2 atom stereocenters. The first-order chi connectivity index (χ1) is 12.4. The third-order valence-corrected chi connectivity index (χ3v) is 6.47. The number of carbonyl (C=O) groups is 1. The number of hydrogen-bond donors (Lipinski definition) is 1. The summed E-state index contributed by atoms with van der Waals surface area (Å²) in [5.41, 5.74) is 1.29. The van der Waals surface area contributed by atoms with Crippen LogP contribution in [-0.4, -0.2) is 31.7 Å². The van der Waals surface area contributed by atoms with Gasteiger partial charge in [0.2, 0.25) is 10.0 Å². The van der Waals surface area contributed by atoms with Crippen molar-refractivity contribution in [3.05, 3.63) is 54.0 Å². The minimum absolute atomic E-state index is 0.227. The standard InChI is InChI=1S/C19H24N2O4S/c1-14-9-15(2)12-21(11-14)26(23,24)18-5-3-17(4-6-18)19(22)20-10-16-7-8-25-13-16/h3-8,13-15H,9-12H2,1-2H3,(H,20,22). The summed E-state index contributed by atoms with van der Waals surface area (Å²) in [6.45, 7) is 5.59. The minimum atomic E-state index is -3.53. The fourth-order valence-corrected chi connectivity index (χ4v) is 5.09. The van der Waals surface area contributed by atoms with Gasteiger partial charge in [-0.3, -0.25) is 4.79 Å². The van der Waals surface area contributed by atoms with Crippen molar-refractivity contribution in [1.82, 2.24) is 9.62 Å². The normalized spacial score (nSPS) is 21.5. The number of rotatable bonds is 5. The molecule has 1 amide bonds. The number of amides is 1. The van der Waals surface area contributed by atoms with Gasteiger partial charge in [0, 0.05) is 30.8 Å². The third-order valence-electron chi connectivity index (χ3n) is 4.62. The number of nitrogens with one attached hydrogen (secondary N) is 1. The molecular formula is C19H24N2O4S. The van der Waals surface area contributed by atoms with Crippen LogP contribution in [0.2, 0.25) is 0 Å². The van der Waals surface area contributed by atoms with E-state index in [1.54, 1.807) is 35.0 Å². The highest BCUT2D eigenvalue weighted by Gasteiger charge is 2.31. The summed E-state index contributed by atoms with van der Waals surface area (Å²) in [4.78, 5) is 12.4. The van der Waals surface area contributed by atoms with Crippen LogP contribution in [0.15, 0.2) is 52.2 Å². The second kappa shape index (κ2) is 7.63. The van der Waals surface area contributed by atoms with E-state index >= 15 is 0 Å². The van der Waals surface area contributed by atoms with Gasteiger partial charge in [0.15, 0.2) is 0 Å². The molecule has 0 radical (unpaired) electrons. The maximum absolute atomic E-state index is 12.9. The maximum Gasteiger partial charge on any atom is 0.251 e. The molecule has 140 valence electrons. The topological polar surface area (TPSA) is 79.6 Å². The Balaban J connectivity index is 1.69. The average molecular weight is 376 g/mol. The fraction of sp³-hybridized carbons (Fsp3) is 0.421. The molecule has 1 aliphatic rings. The number of nitrogens with zero attached hydrogens (tertiary/aromatic N) is 1. The number of piperidine rings is 1. The largest absolute Gasteiger partial charge is 0.472 e. The van der Waals surface area contributed by atoms with Gasteiger partial charge in [0.05, 0.1) is 17.4 Å². The number of hydrogen-bond acceptors (Lipinski definition) is 4. The van der Waals surface area contributed by atoms with Crippen molar-refractivity contribution in [2.24, 2.45) is 11.8 Å². The van der Waals surface area contributed by atoms with Gasteiger partial charge in [-0.2, -0.15) is 4.31 Å². The Morgan fingerprint density at radius 3 is 2.38 bits per heavy atom. The van der Waals surface area contributed by atoms with E-state index in [1.807, 2.05) is 0 Å². The molecule has 0 aliphatic carbocycles. The van der Waals surface area contributed by atoms with E-state index in [0.29, 0.717) is 37.0 Å². The first-order valence-corrected chi connectivity index (χ1v) is 10.2. The zero-order valence-corrected chi connectivity index (χ0v) is 15.8. The van der Waals surface area contributed by atoms with Crippen LogP contribution in [0.25, 0.3) is 0 Å². The highest BCUT2D eigenvalue weighted by molar-refractivity contribution is 7.89. The molecule has 1 fully saturated rings. The second-order valence-electron chi connectivity index (χ2n) is 7.11. The molecule has 2 heterocycles. The minimum Gasteiger partial charge on any atom is -0.472 e. The van der Waals surface area contributed by atoms with E-state index in [-0.39, 0.29) is 10.8 Å². The molecule has 2 unspecified atom stereocenters. The van der Waals surface area contributed by atoms with Gasteiger partial charge >= 0.3 is 0 Å². The summed E-state index contributed by atoms with van der Waals surface area (Å²) in [5.74, 6) is 0.443. The Morgan fingerprint density at radius 1 is 1.15 bits per heavy atom. The zero-order valence-electron chi connectivity index (χ0n) is 15.0. The average Bonchev–Trinajstić information content (AvgIpc) is 3.12. The number of carbonyl (C=O) groups excluding carboxylic acids is 1. The van der Waals surface area contributed by atoms with Gasteiger partial charge in [0.25, 0.3) is 5.91 Å². The highest BCUT2D eigenvalue weighted by atomic mass is 32.2. The molecule has 0 saturated carbocycles. The fourth-order valence-electron chi connectivity index (χ4n) is 3.41. The summed E-state index contributed by atoms with van der Waals surface area (Å²) in [7, 11) is -3.53. The number of sulfonamides is 1. The molecule has 26 heavy (non-hydrogen) atoms. The summed E-state index contributed by atoms with van der Waals surface area (Å²) in [6, 6.07) is 7.89. The molecule has 7 heteroatoms. The lowest BCUT2D eigenvalue weighted by Gasteiger charge is -2.34. The van der Waals surface area contributed by atoms with E-state index in [1.165, 1.54) is 12.1 Å². The Bertz CT molecular complexity index is 834. The molecule has 1 saturated heterocycles. The summed E-state index contributed by atoms with van der Waals surface area (Å²) in [6.07, 6.45) is 4.15. The molecule has 2 aromatic rings. The van der Waals surface area contributed by atoms with Crippen LogP contribution in [0, 0.1) is 11.8 Å². The lowest BCUT2D eigenvalue weighted by Crippen LogP contribution is -2.42. The number of furan rings is 1.